The van der Waals surface area contributed by atoms with E-state index in [-0.39, 0.29) is 11.4 Å². The number of hydrogen-bond acceptors (Lipinski definition) is 8. The maximum absolute atomic E-state index is 11.0. The topological polar surface area (TPSA) is 97.8 Å². The van der Waals surface area contributed by atoms with Crippen molar-refractivity contribution < 1.29 is 14.2 Å². The van der Waals surface area contributed by atoms with Gasteiger partial charge in [0.05, 0.1) is 18.6 Å². The molecule has 0 amide bonds. The lowest BCUT2D eigenvalue weighted by molar-refractivity contribution is -0.385. The third-order valence-electron chi connectivity index (χ3n) is 4.03. The highest BCUT2D eigenvalue weighted by molar-refractivity contribution is 5.59. The number of nitro groups is 1. The normalized spacial score (nSPS) is 15.5. The van der Waals surface area contributed by atoms with E-state index in [4.69, 9.17) is 9.26 Å². The Bertz CT molecular complexity index is 724. The summed E-state index contributed by atoms with van der Waals surface area (Å²) in [5, 5.41) is 14.9. The fraction of sp³-hybridized carbons (Fsp3) is 0.467. The molecule has 0 radical (unpaired) electrons. The zero-order valence-electron chi connectivity index (χ0n) is 13.6. The van der Waals surface area contributed by atoms with E-state index in [2.05, 4.69) is 19.9 Å². The van der Waals surface area contributed by atoms with Crippen molar-refractivity contribution in [2.75, 3.05) is 38.2 Å². The third kappa shape index (κ3) is 3.46. The second-order valence-electron chi connectivity index (χ2n) is 5.61. The summed E-state index contributed by atoms with van der Waals surface area (Å²) in [7, 11) is 1.44. The van der Waals surface area contributed by atoms with Crippen molar-refractivity contribution >= 4 is 11.4 Å². The Balaban J connectivity index is 1.63. The highest BCUT2D eigenvalue weighted by atomic mass is 16.6. The van der Waals surface area contributed by atoms with Crippen LogP contribution in [0.1, 0.15) is 11.7 Å². The van der Waals surface area contributed by atoms with Crippen molar-refractivity contribution in [2.45, 2.75) is 13.5 Å². The summed E-state index contributed by atoms with van der Waals surface area (Å²) in [4.78, 5) is 19.2. The van der Waals surface area contributed by atoms with Crippen molar-refractivity contribution in [2.24, 2.45) is 0 Å². The number of anilines is 1. The van der Waals surface area contributed by atoms with Crippen molar-refractivity contribution in [3.8, 4) is 5.75 Å². The van der Waals surface area contributed by atoms with Gasteiger partial charge in [-0.3, -0.25) is 15.0 Å². The Morgan fingerprint density at radius 3 is 2.67 bits per heavy atom. The van der Waals surface area contributed by atoms with Gasteiger partial charge in [0.25, 0.3) is 0 Å². The number of ether oxygens (including phenoxy) is 1. The number of hydrogen-bond donors (Lipinski definition) is 0. The summed E-state index contributed by atoms with van der Waals surface area (Å²) in [6.07, 6.45) is 0. The Hall–Kier alpha value is -2.68. The first-order chi connectivity index (χ1) is 11.6. The number of piperazine rings is 1. The van der Waals surface area contributed by atoms with E-state index in [1.807, 2.05) is 0 Å². The van der Waals surface area contributed by atoms with Gasteiger partial charge in [0, 0.05) is 50.9 Å². The molecule has 1 fully saturated rings. The number of benzene rings is 1. The maximum atomic E-state index is 11.0. The number of methoxy groups -OCH3 is 1. The lowest BCUT2D eigenvalue weighted by atomic mass is 10.2. The second kappa shape index (κ2) is 6.83. The van der Waals surface area contributed by atoms with Crippen LogP contribution in [0.3, 0.4) is 0 Å². The Labute approximate surface area is 139 Å². The van der Waals surface area contributed by atoms with Crippen LogP contribution < -0.4 is 9.64 Å². The molecule has 0 bridgehead atoms. The molecule has 0 aliphatic carbocycles. The van der Waals surface area contributed by atoms with Gasteiger partial charge in [-0.1, -0.05) is 5.16 Å². The summed E-state index contributed by atoms with van der Waals surface area (Å²) < 4.78 is 10.1. The number of nitrogens with zero attached hydrogens (tertiary/aromatic N) is 5. The van der Waals surface area contributed by atoms with Crippen molar-refractivity contribution in [3.05, 3.63) is 40.0 Å². The van der Waals surface area contributed by atoms with Gasteiger partial charge < -0.3 is 14.2 Å². The molecule has 0 atom stereocenters. The van der Waals surface area contributed by atoms with E-state index in [0.29, 0.717) is 18.3 Å². The van der Waals surface area contributed by atoms with Crippen LogP contribution in [0, 0.1) is 17.0 Å². The van der Waals surface area contributed by atoms with Crippen LogP contribution in [-0.4, -0.2) is 53.3 Å². The molecule has 0 saturated carbocycles. The predicted octanol–water partition coefficient (Wildman–Crippen LogP) is 1.62. The van der Waals surface area contributed by atoms with E-state index < -0.39 is 4.92 Å². The molecule has 128 valence electrons. The number of aryl methyl sites for hydroxylation is 1. The number of aromatic nitrogens is 2. The SMILES string of the molecule is COc1cc(N2CCN(Cc3noc(C)n3)CC2)ccc1[N+](=O)[O-]. The van der Waals surface area contributed by atoms with Crippen LogP contribution >= 0.6 is 0 Å². The third-order valence-corrected chi connectivity index (χ3v) is 4.03. The summed E-state index contributed by atoms with van der Waals surface area (Å²) in [5.41, 5.74) is 0.903. The molecule has 1 aliphatic rings. The molecular weight excluding hydrogens is 314 g/mol. The van der Waals surface area contributed by atoms with Gasteiger partial charge >= 0.3 is 5.69 Å². The average Bonchev–Trinajstić information content (AvgIpc) is 2.99. The minimum absolute atomic E-state index is 0.0210. The molecule has 9 nitrogen and oxygen atoms in total. The Morgan fingerprint density at radius 2 is 2.08 bits per heavy atom. The molecule has 0 N–H and O–H groups in total. The fourth-order valence-electron chi connectivity index (χ4n) is 2.78. The Kier molecular flexibility index (Phi) is 4.61. The summed E-state index contributed by atoms with van der Waals surface area (Å²) in [5.74, 6) is 1.54. The molecule has 1 saturated heterocycles. The predicted molar refractivity (Wildman–Crippen MR) is 86.2 cm³/mol. The molecule has 0 spiro atoms. The first-order valence-corrected chi connectivity index (χ1v) is 7.65. The van der Waals surface area contributed by atoms with E-state index in [1.54, 1.807) is 19.1 Å². The average molecular weight is 333 g/mol. The van der Waals surface area contributed by atoms with E-state index in [0.717, 1.165) is 31.9 Å². The molecule has 1 aliphatic heterocycles. The van der Waals surface area contributed by atoms with Crippen molar-refractivity contribution in [1.29, 1.82) is 0 Å². The monoisotopic (exact) mass is 333 g/mol. The van der Waals surface area contributed by atoms with E-state index >= 15 is 0 Å². The van der Waals surface area contributed by atoms with Gasteiger partial charge in [-0.05, 0) is 6.07 Å². The standard InChI is InChI=1S/C15H19N5O4/c1-11-16-15(17-24-11)10-18-5-7-19(8-6-18)12-3-4-13(20(21)22)14(9-12)23-2/h3-4,9H,5-8,10H2,1-2H3. The molecule has 2 aromatic rings. The van der Waals surface area contributed by atoms with Crippen molar-refractivity contribution in [1.82, 2.24) is 15.0 Å². The lowest BCUT2D eigenvalue weighted by Gasteiger charge is -2.35. The van der Waals surface area contributed by atoms with Crippen LogP contribution in [0.4, 0.5) is 11.4 Å². The van der Waals surface area contributed by atoms with Gasteiger partial charge in [0.2, 0.25) is 5.89 Å². The van der Waals surface area contributed by atoms with E-state index in [1.165, 1.54) is 13.2 Å². The Morgan fingerprint density at radius 1 is 1.33 bits per heavy atom. The van der Waals surface area contributed by atoms with Crippen LogP contribution in [-0.2, 0) is 6.54 Å². The molecule has 3 rings (SSSR count). The minimum atomic E-state index is -0.437. The first kappa shape index (κ1) is 16.2. The van der Waals surface area contributed by atoms with Crippen LogP contribution in [0.25, 0.3) is 0 Å². The summed E-state index contributed by atoms with van der Waals surface area (Å²) in [6, 6.07) is 4.97. The fourth-order valence-corrected chi connectivity index (χ4v) is 2.78. The molecule has 1 aromatic heterocycles. The second-order valence-corrected chi connectivity index (χ2v) is 5.61. The molecule has 9 heteroatoms. The zero-order valence-corrected chi connectivity index (χ0v) is 13.6. The van der Waals surface area contributed by atoms with Gasteiger partial charge in [-0.25, -0.2) is 0 Å². The van der Waals surface area contributed by atoms with Crippen LogP contribution in [0.5, 0.6) is 5.75 Å². The van der Waals surface area contributed by atoms with Crippen LogP contribution in [0.2, 0.25) is 0 Å². The molecule has 2 heterocycles. The highest BCUT2D eigenvalue weighted by Crippen LogP contribution is 2.31. The molecule has 24 heavy (non-hydrogen) atoms. The summed E-state index contributed by atoms with van der Waals surface area (Å²) >= 11 is 0. The lowest BCUT2D eigenvalue weighted by Crippen LogP contribution is -2.46. The molecule has 1 aromatic carbocycles. The quantitative estimate of drug-likeness (QED) is 0.601. The number of nitro benzene ring substituents is 1. The first-order valence-electron chi connectivity index (χ1n) is 7.65. The summed E-state index contributed by atoms with van der Waals surface area (Å²) in [6.45, 7) is 5.78. The van der Waals surface area contributed by atoms with Crippen molar-refractivity contribution in [3.63, 3.8) is 0 Å². The largest absolute Gasteiger partial charge is 0.490 e. The smallest absolute Gasteiger partial charge is 0.311 e. The molecular formula is C15H19N5O4. The van der Waals surface area contributed by atoms with E-state index in [9.17, 15) is 10.1 Å². The maximum Gasteiger partial charge on any atom is 0.311 e. The molecule has 0 unspecified atom stereocenters. The number of rotatable bonds is 5. The minimum Gasteiger partial charge on any atom is -0.490 e. The van der Waals surface area contributed by atoms with Gasteiger partial charge in [-0.15, -0.1) is 0 Å². The van der Waals surface area contributed by atoms with Gasteiger partial charge in [0.1, 0.15) is 0 Å². The zero-order chi connectivity index (χ0) is 17.1. The van der Waals surface area contributed by atoms with Gasteiger partial charge in [-0.2, -0.15) is 4.98 Å². The van der Waals surface area contributed by atoms with Gasteiger partial charge in [0.15, 0.2) is 11.6 Å². The highest BCUT2D eigenvalue weighted by Gasteiger charge is 2.21. The van der Waals surface area contributed by atoms with Crippen LogP contribution in [0.15, 0.2) is 22.7 Å².